The minimum atomic E-state index is 0.224. The summed E-state index contributed by atoms with van der Waals surface area (Å²) in [5, 5.41) is 13.3. The van der Waals surface area contributed by atoms with Crippen molar-refractivity contribution in [2.75, 3.05) is 25.1 Å². The molecule has 3 nitrogen and oxygen atoms in total. The summed E-state index contributed by atoms with van der Waals surface area (Å²) >= 11 is 6.03. The number of benzene rings is 1. The molecular weight excluding hydrogens is 236 g/mol. The Morgan fingerprint density at radius 2 is 2.35 bits per heavy atom. The number of rotatable bonds is 4. The van der Waals surface area contributed by atoms with Crippen LogP contribution < -0.4 is 10.2 Å². The zero-order valence-electron chi connectivity index (χ0n) is 10.1. The number of nitrogens with one attached hydrogen (secondary N) is 1. The van der Waals surface area contributed by atoms with Crippen LogP contribution in [0.2, 0.25) is 5.02 Å². The Labute approximate surface area is 107 Å². The third-order valence-corrected chi connectivity index (χ3v) is 3.54. The Balaban J connectivity index is 2.30. The van der Waals surface area contributed by atoms with Crippen LogP contribution in [0.3, 0.4) is 0 Å². The molecule has 0 saturated carbocycles. The molecule has 1 saturated heterocycles. The van der Waals surface area contributed by atoms with Crippen molar-refractivity contribution < 1.29 is 5.11 Å². The Bertz CT molecular complexity index is 384. The van der Waals surface area contributed by atoms with Crippen molar-refractivity contribution in [3.05, 3.63) is 28.8 Å². The van der Waals surface area contributed by atoms with Crippen molar-refractivity contribution in [1.29, 1.82) is 0 Å². The minimum Gasteiger partial charge on any atom is -0.394 e. The number of aliphatic hydroxyl groups excluding tert-OH is 1. The number of aliphatic hydroxyl groups is 1. The topological polar surface area (TPSA) is 35.5 Å². The maximum Gasteiger partial charge on any atom is 0.0635 e. The van der Waals surface area contributed by atoms with E-state index in [1.807, 2.05) is 19.2 Å². The molecule has 94 valence electrons. The van der Waals surface area contributed by atoms with Gasteiger partial charge in [-0.2, -0.15) is 0 Å². The van der Waals surface area contributed by atoms with E-state index in [0.717, 1.165) is 31.0 Å². The van der Waals surface area contributed by atoms with Crippen LogP contribution in [0.5, 0.6) is 0 Å². The summed E-state index contributed by atoms with van der Waals surface area (Å²) in [4.78, 5) is 2.29. The van der Waals surface area contributed by atoms with Gasteiger partial charge < -0.3 is 15.3 Å². The minimum absolute atomic E-state index is 0.224. The highest BCUT2D eigenvalue weighted by atomic mass is 35.5. The smallest absolute Gasteiger partial charge is 0.0635 e. The van der Waals surface area contributed by atoms with Crippen molar-refractivity contribution in [3.63, 3.8) is 0 Å². The average Bonchev–Trinajstić information content (AvgIpc) is 2.78. The first kappa shape index (κ1) is 12.7. The van der Waals surface area contributed by atoms with E-state index in [-0.39, 0.29) is 12.6 Å². The lowest BCUT2D eigenvalue weighted by Crippen LogP contribution is -2.33. The molecule has 1 aromatic carbocycles. The van der Waals surface area contributed by atoms with Gasteiger partial charge in [0.15, 0.2) is 0 Å². The Morgan fingerprint density at radius 1 is 1.53 bits per heavy atom. The van der Waals surface area contributed by atoms with E-state index in [2.05, 4.69) is 16.3 Å². The quantitative estimate of drug-likeness (QED) is 0.863. The molecule has 0 radical (unpaired) electrons. The van der Waals surface area contributed by atoms with Crippen LogP contribution in [0.1, 0.15) is 18.4 Å². The second kappa shape index (κ2) is 5.71. The second-order valence-corrected chi connectivity index (χ2v) is 4.91. The molecule has 2 N–H and O–H groups in total. The molecule has 0 spiro atoms. The monoisotopic (exact) mass is 254 g/mol. The van der Waals surface area contributed by atoms with Crippen LogP contribution in [0, 0.1) is 0 Å². The maximum absolute atomic E-state index is 9.39. The summed E-state index contributed by atoms with van der Waals surface area (Å²) in [5.41, 5.74) is 2.39. The first-order chi connectivity index (χ1) is 8.26. The molecular formula is C13H19ClN2O. The van der Waals surface area contributed by atoms with E-state index in [1.54, 1.807) is 0 Å². The van der Waals surface area contributed by atoms with Gasteiger partial charge in [0.1, 0.15) is 0 Å². The van der Waals surface area contributed by atoms with Crippen molar-refractivity contribution >= 4 is 17.3 Å². The van der Waals surface area contributed by atoms with Gasteiger partial charge in [-0.1, -0.05) is 11.6 Å². The number of nitrogens with zero attached hydrogens (tertiary/aromatic N) is 1. The van der Waals surface area contributed by atoms with Crippen LogP contribution in [-0.2, 0) is 6.54 Å². The van der Waals surface area contributed by atoms with Gasteiger partial charge in [0.25, 0.3) is 0 Å². The Kier molecular flexibility index (Phi) is 4.26. The number of hydrogen-bond donors (Lipinski definition) is 2. The normalized spacial score (nSPS) is 19.9. The highest BCUT2D eigenvalue weighted by Gasteiger charge is 2.25. The number of halogens is 1. The lowest BCUT2D eigenvalue weighted by molar-refractivity contribution is 0.266. The maximum atomic E-state index is 9.39. The van der Waals surface area contributed by atoms with E-state index < -0.39 is 0 Å². The molecule has 1 heterocycles. The lowest BCUT2D eigenvalue weighted by Gasteiger charge is -2.27. The SMILES string of the molecule is CNCc1cc(Cl)ccc1N1CCCC1CO. The van der Waals surface area contributed by atoms with E-state index in [4.69, 9.17) is 11.6 Å². The summed E-state index contributed by atoms with van der Waals surface area (Å²) < 4.78 is 0. The van der Waals surface area contributed by atoms with Crippen LogP contribution in [0.15, 0.2) is 18.2 Å². The van der Waals surface area contributed by atoms with Crippen molar-refractivity contribution in [2.24, 2.45) is 0 Å². The molecule has 0 bridgehead atoms. The van der Waals surface area contributed by atoms with Crippen LogP contribution >= 0.6 is 11.6 Å². The fourth-order valence-corrected chi connectivity index (χ4v) is 2.70. The lowest BCUT2D eigenvalue weighted by atomic mass is 10.1. The average molecular weight is 255 g/mol. The predicted octanol–water partition coefficient (Wildman–Crippen LogP) is 2.02. The summed E-state index contributed by atoms with van der Waals surface area (Å²) in [6, 6.07) is 6.23. The van der Waals surface area contributed by atoms with E-state index in [0.29, 0.717) is 0 Å². The molecule has 2 rings (SSSR count). The van der Waals surface area contributed by atoms with Gasteiger partial charge in [-0.25, -0.2) is 0 Å². The summed E-state index contributed by atoms with van der Waals surface area (Å²) in [6.45, 7) is 2.04. The molecule has 0 amide bonds. The van der Waals surface area contributed by atoms with Crippen molar-refractivity contribution in [3.8, 4) is 0 Å². The third kappa shape index (κ3) is 2.73. The second-order valence-electron chi connectivity index (χ2n) is 4.48. The zero-order valence-corrected chi connectivity index (χ0v) is 10.9. The Hall–Kier alpha value is -0.770. The zero-order chi connectivity index (χ0) is 12.3. The molecule has 1 unspecified atom stereocenters. The van der Waals surface area contributed by atoms with Gasteiger partial charge in [-0.05, 0) is 43.7 Å². The molecule has 1 aromatic rings. The molecule has 1 atom stereocenters. The molecule has 17 heavy (non-hydrogen) atoms. The first-order valence-corrected chi connectivity index (χ1v) is 6.44. The molecule has 4 heteroatoms. The molecule has 0 aromatic heterocycles. The van der Waals surface area contributed by atoms with Gasteiger partial charge in [-0.15, -0.1) is 0 Å². The number of anilines is 1. The van der Waals surface area contributed by atoms with Gasteiger partial charge >= 0.3 is 0 Å². The van der Waals surface area contributed by atoms with Gasteiger partial charge in [0.05, 0.1) is 12.6 Å². The molecule has 0 aliphatic carbocycles. The van der Waals surface area contributed by atoms with E-state index in [1.165, 1.54) is 11.3 Å². The van der Waals surface area contributed by atoms with Gasteiger partial charge in [0.2, 0.25) is 0 Å². The summed E-state index contributed by atoms with van der Waals surface area (Å²) in [7, 11) is 1.93. The van der Waals surface area contributed by atoms with Gasteiger partial charge in [0, 0.05) is 23.8 Å². The predicted molar refractivity (Wildman–Crippen MR) is 71.7 cm³/mol. The van der Waals surface area contributed by atoms with Crippen molar-refractivity contribution in [1.82, 2.24) is 5.32 Å². The standard InChI is InChI=1S/C13H19ClN2O/c1-15-8-10-7-11(14)4-5-13(10)16-6-2-3-12(16)9-17/h4-5,7,12,15,17H,2-3,6,8-9H2,1H3. The molecule has 1 aliphatic heterocycles. The fraction of sp³-hybridized carbons (Fsp3) is 0.538. The highest BCUT2D eigenvalue weighted by molar-refractivity contribution is 6.30. The summed E-state index contributed by atoms with van der Waals surface area (Å²) in [5.74, 6) is 0. The number of hydrogen-bond acceptors (Lipinski definition) is 3. The van der Waals surface area contributed by atoms with Crippen LogP contribution in [0.4, 0.5) is 5.69 Å². The van der Waals surface area contributed by atoms with Crippen molar-refractivity contribution in [2.45, 2.75) is 25.4 Å². The van der Waals surface area contributed by atoms with Gasteiger partial charge in [-0.3, -0.25) is 0 Å². The van der Waals surface area contributed by atoms with Crippen LogP contribution in [-0.4, -0.2) is 31.3 Å². The van der Waals surface area contributed by atoms with E-state index >= 15 is 0 Å². The molecule has 1 fully saturated rings. The largest absolute Gasteiger partial charge is 0.394 e. The van der Waals surface area contributed by atoms with Crippen LogP contribution in [0.25, 0.3) is 0 Å². The van der Waals surface area contributed by atoms with E-state index in [9.17, 15) is 5.11 Å². The Morgan fingerprint density at radius 3 is 3.06 bits per heavy atom. The summed E-state index contributed by atoms with van der Waals surface area (Å²) in [6.07, 6.45) is 2.21. The highest BCUT2D eigenvalue weighted by Crippen LogP contribution is 2.30. The first-order valence-electron chi connectivity index (χ1n) is 6.06. The fourth-order valence-electron chi connectivity index (χ4n) is 2.51. The third-order valence-electron chi connectivity index (χ3n) is 3.31. The molecule has 1 aliphatic rings.